The number of ether oxygens (including phenoxy) is 3. The van der Waals surface area contributed by atoms with Crippen molar-refractivity contribution in [1.82, 2.24) is 19.3 Å². The Labute approximate surface area is 265 Å². The summed E-state index contributed by atoms with van der Waals surface area (Å²) in [5.41, 5.74) is 6.94. The standard InChI is InChI=1S/C32H29F2N5O8/c33-32(34)29(42)24(47-30(32)38-15-14-25(35)36-31(38)43)18-45-27(41)13-12-26(40)44-17-20-10-11-23(46-20)28-21-8-4-5-9-22(21)39(37-28)16-19-6-2-1-3-7-19/h1-11,14-15,24,29-30,42H,12-13,16-18H2,(H2,35,36,43)/t24-,29-,30-/m1/s1. The molecule has 1 aliphatic rings. The smallest absolute Gasteiger partial charge is 0.351 e. The number of benzene rings is 2. The van der Waals surface area contributed by atoms with E-state index in [4.69, 9.17) is 29.5 Å². The highest BCUT2D eigenvalue weighted by molar-refractivity contribution is 5.92. The van der Waals surface area contributed by atoms with E-state index in [-0.39, 0.29) is 18.8 Å². The number of aliphatic hydroxyl groups is 1. The molecule has 3 N–H and O–H groups in total. The fraction of sp³-hybridized carbons (Fsp3) is 0.281. The normalized spacial score (nSPS) is 18.7. The molecule has 13 nitrogen and oxygen atoms in total. The van der Waals surface area contributed by atoms with E-state index < -0.39 is 55.0 Å². The highest BCUT2D eigenvalue weighted by Gasteiger charge is 2.60. The number of carbonyl (C=O) groups excluding carboxylic acids is 2. The number of carbonyl (C=O) groups is 2. The number of aromatic nitrogens is 4. The van der Waals surface area contributed by atoms with Gasteiger partial charge in [-0.05, 0) is 29.8 Å². The summed E-state index contributed by atoms with van der Waals surface area (Å²) in [6, 6.07) is 22.2. The van der Waals surface area contributed by atoms with E-state index in [1.165, 1.54) is 0 Å². The lowest BCUT2D eigenvalue weighted by Gasteiger charge is -2.20. The van der Waals surface area contributed by atoms with Gasteiger partial charge in [0.05, 0.1) is 24.9 Å². The van der Waals surface area contributed by atoms with Crippen molar-refractivity contribution in [3.63, 3.8) is 0 Å². The van der Waals surface area contributed by atoms with Gasteiger partial charge < -0.3 is 29.5 Å². The first-order valence-corrected chi connectivity index (χ1v) is 14.6. The van der Waals surface area contributed by atoms with Gasteiger partial charge in [-0.25, -0.2) is 4.79 Å². The minimum absolute atomic E-state index is 0.178. The van der Waals surface area contributed by atoms with Gasteiger partial charge >= 0.3 is 23.6 Å². The molecular weight excluding hydrogens is 620 g/mol. The molecule has 0 unspecified atom stereocenters. The molecule has 0 saturated carbocycles. The summed E-state index contributed by atoms with van der Waals surface area (Å²) >= 11 is 0. The lowest BCUT2D eigenvalue weighted by atomic mass is 10.1. The Morgan fingerprint density at radius 2 is 1.70 bits per heavy atom. The summed E-state index contributed by atoms with van der Waals surface area (Å²) in [7, 11) is 0. The Morgan fingerprint density at radius 3 is 2.47 bits per heavy atom. The lowest BCUT2D eigenvalue weighted by molar-refractivity contribution is -0.155. The topological polar surface area (TPSA) is 174 Å². The predicted molar refractivity (Wildman–Crippen MR) is 161 cm³/mol. The van der Waals surface area contributed by atoms with E-state index in [1.54, 1.807) is 12.1 Å². The Morgan fingerprint density at radius 1 is 0.979 bits per heavy atom. The maximum absolute atomic E-state index is 14.7. The number of nitrogens with two attached hydrogens (primary N) is 1. The lowest BCUT2D eigenvalue weighted by Crippen LogP contribution is -2.42. The summed E-state index contributed by atoms with van der Waals surface area (Å²) in [6.07, 6.45) is -6.05. The average molecular weight is 650 g/mol. The molecule has 0 bridgehead atoms. The molecule has 47 heavy (non-hydrogen) atoms. The van der Waals surface area contributed by atoms with Gasteiger partial charge in [0.25, 0.3) is 0 Å². The molecule has 1 aliphatic heterocycles. The van der Waals surface area contributed by atoms with E-state index in [9.17, 15) is 28.3 Å². The highest BCUT2D eigenvalue weighted by Crippen LogP contribution is 2.42. The third-order valence-electron chi connectivity index (χ3n) is 7.53. The van der Waals surface area contributed by atoms with E-state index in [0.717, 1.165) is 28.7 Å². The van der Waals surface area contributed by atoms with Crippen LogP contribution in [0.15, 0.2) is 88.2 Å². The number of furan rings is 1. The quantitative estimate of drug-likeness (QED) is 0.201. The zero-order valence-electron chi connectivity index (χ0n) is 24.7. The molecule has 2 aromatic carbocycles. The summed E-state index contributed by atoms with van der Waals surface area (Å²) in [6.45, 7) is -0.378. The number of hydrogen-bond acceptors (Lipinski definition) is 11. The molecule has 0 aliphatic carbocycles. The number of alkyl halides is 2. The van der Waals surface area contributed by atoms with Gasteiger partial charge in [0.15, 0.2) is 11.9 Å². The summed E-state index contributed by atoms with van der Waals surface area (Å²) in [4.78, 5) is 39.9. The fourth-order valence-electron chi connectivity index (χ4n) is 5.15. The first-order valence-electron chi connectivity index (χ1n) is 14.6. The molecule has 244 valence electrons. The number of aliphatic hydroxyl groups excluding tert-OH is 1. The molecule has 4 heterocycles. The molecule has 3 atom stereocenters. The number of nitrogen functional groups attached to an aromatic ring is 1. The van der Waals surface area contributed by atoms with Gasteiger partial charge in [-0.15, -0.1) is 0 Å². The number of hydrogen-bond donors (Lipinski definition) is 2. The van der Waals surface area contributed by atoms with E-state index >= 15 is 0 Å². The first-order chi connectivity index (χ1) is 22.6. The minimum atomic E-state index is -3.90. The van der Waals surface area contributed by atoms with E-state index in [0.29, 0.717) is 28.3 Å². The van der Waals surface area contributed by atoms with Crippen molar-refractivity contribution in [2.45, 2.75) is 50.4 Å². The van der Waals surface area contributed by atoms with Crippen molar-refractivity contribution in [2.75, 3.05) is 12.3 Å². The molecule has 0 radical (unpaired) electrons. The molecule has 5 aromatic rings. The van der Waals surface area contributed by atoms with Crippen molar-refractivity contribution in [3.8, 4) is 11.5 Å². The molecule has 3 aromatic heterocycles. The van der Waals surface area contributed by atoms with Crippen LogP contribution in [0.3, 0.4) is 0 Å². The predicted octanol–water partition coefficient (Wildman–Crippen LogP) is 3.44. The number of para-hydroxylation sites is 1. The van der Waals surface area contributed by atoms with Crippen LogP contribution in [-0.4, -0.2) is 61.1 Å². The second kappa shape index (κ2) is 13.1. The summed E-state index contributed by atoms with van der Waals surface area (Å²) in [5.74, 6) is -4.86. The SMILES string of the molecule is Nc1ccn([C@@H]2O[C@H](COC(=O)CCC(=O)OCc3ccc(-c4nn(Cc5ccccc5)c5ccccc45)o3)[C@@H](O)C2(F)F)c(=O)n1. The molecule has 1 fully saturated rings. The second-order valence-electron chi connectivity index (χ2n) is 10.8. The van der Waals surface area contributed by atoms with Crippen LogP contribution >= 0.6 is 0 Å². The molecule has 15 heteroatoms. The van der Waals surface area contributed by atoms with Gasteiger partial charge in [0, 0.05) is 11.6 Å². The van der Waals surface area contributed by atoms with Gasteiger partial charge in [-0.3, -0.25) is 18.8 Å². The zero-order valence-corrected chi connectivity index (χ0v) is 24.7. The van der Waals surface area contributed by atoms with Gasteiger partial charge in [-0.1, -0.05) is 48.5 Å². The van der Waals surface area contributed by atoms with E-state index in [2.05, 4.69) is 4.98 Å². The van der Waals surface area contributed by atoms with Crippen molar-refractivity contribution < 1.29 is 42.1 Å². The van der Waals surface area contributed by atoms with Crippen molar-refractivity contribution in [3.05, 3.63) is 101 Å². The van der Waals surface area contributed by atoms with Gasteiger partial charge in [0.2, 0.25) is 6.23 Å². The number of anilines is 1. The summed E-state index contributed by atoms with van der Waals surface area (Å²) < 4.78 is 52.9. The number of esters is 2. The van der Waals surface area contributed by atoms with Crippen molar-refractivity contribution in [1.29, 1.82) is 0 Å². The number of rotatable bonds is 11. The number of nitrogens with zero attached hydrogens (tertiary/aromatic N) is 4. The van der Waals surface area contributed by atoms with Crippen molar-refractivity contribution >= 4 is 28.7 Å². The molecular formula is C32H29F2N5O8. The van der Waals surface area contributed by atoms with Crippen LogP contribution in [0.5, 0.6) is 0 Å². The summed E-state index contributed by atoms with van der Waals surface area (Å²) in [5, 5.41) is 15.7. The molecule has 0 amide bonds. The van der Waals surface area contributed by atoms with Crippen LogP contribution in [0.25, 0.3) is 22.4 Å². The monoisotopic (exact) mass is 649 g/mol. The van der Waals surface area contributed by atoms with E-state index in [1.807, 2.05) is 59.3 Å². The Kier molecular flexibility index (Phi) is 8.82. The largest absolute Gasteiger partial charge is 0.463 e. The number of fused-ring (bicyclic) bond motifs is 1. The first kappa shape index (κ1) is 31.6. The van der Waals surface area contributed by atoms with Crippen LogP contribution in [0.1, 0.15) is 30.4 Å². The maximum atomic E-state index is 14.7. The maximum Gasteiger partial charge on any atom is 0.351 e. The van der Waals surface area contributed by atoms with Crippen molar-refractivity contribution in [2.24, 2.45) is 0 Å². The second-order valence-corrected chi connectivity index (χ2v) is 10.8. The van der Waals surface area contributed by atoms with Crippen LogP contribution in [0.2, 0.25) is 0 Å². The Balaban J connectivity index is 0.991. The van der Waals surface area contributed by atoms with Crippen LogP contribution in [0, 0.1) is 0 Å². The van der Waals surface area contributed by atoms with Crippen LogP contribution < -0.4 is 11.4 Å². The van der Waals surface area contributed by atoms with Crippen LogP contribution in [-0.2, 0) is 37.0 Å². The molecule has 6 rings (SSSR count). The Bertz CT molecular complexity index is 1960. The Hall–Kier alpha value is -5.41. The van der Waals surface area contributed by atoms with Crippen LogP contribution in [0.4, 0.5) is 14.6 Å². The molecule has 1 saturated heterocycles. The highest BCUT2D eigenvalue weighted by atomic mass is 19.3. The minimum Gasteiger partial charge on any atom is -0.463 e. The third kappa shape index (κ3) is 6.76. The van der Waals surface area contributed by atoms with Gasteiger partial charge in [-0.2, -0.15) is 18.9 Å². The van der Waals surface area contributed by atoms with Gasteiger partial charge in [0.1, 0.15) is 36.6 Å². The fourth-order valence-corrected chi connectivity index (χ4v) is 5.15. The zero-order chi connectivity index (χ0) is 33.1. The number of halogens is 2. The average Bonchev–Trinajstić information content (AvgIpc) is 3.74. The molecule has 0 spiro atoms. The third-order valence-corrected chi connectivity index (χ3v) is 7.53.